The van der Waals surface area contributed by atoms with Gasteiger partial charge in [-0.15, -0.1) is 11.3 Å². The number of halogens is 1. The van der Waals surface area contributed by atoms with Crippen LogP contribution in [0.3, 0.4) is 0 Å². The molecule has 0 atom stereocenters. The summed E-state index contributed by atoms with van der Waals surface area (Å²) in [6, 6.07) is 8.67. The van der Waals surface area contributed by atoms with Crippen LogP contribution in [0.5, 0.6) is 0 Å². The summed E-state index contributed by atoms with van der Waals surface area (Å²) >= 11 is 4.74. The molecule has 3 heterocycles. The van der Waals surface area contributed by atoms with E-state index in [0.717, 1.165) is 15.9 Å². The van der Waals surface area contributed by atoms with E-state index in [4.69, 9.17) is 0 Å². The van der Waals surface area contributed by atoms with Crippen LogP contribution in [0.2, 0.25) is 0 Å². The molecule has 1 aliphatic heterocycles. The van der Waals surface area contributed by atoms with Crippen LogP contribution in [0.4, 0.5) is 0 Å². The third kappa shape index (κ3) is 3.28. The van der Waals surface area contributed by atoms with Gasteiger partial charge in [-0.3, -0.25) is 9.48 Å². The Hall–Kier alpha value is -1.75. The number of hydrogen-bond donors (Lipinski definition) is 0. The molecule has 1 aromatic carbocycles. The minimum Gasteiger partial charge on any atom is -0.335 e. The maximum absolute atomic E-state index is 12.9. The first-order chi connectivity index (χ1) is 13.3. The quantitative estimate of drug-likeness (QED) is 0.574. The summed E-state index contributed by atoms with van der Waals surface area (Å²) < 4.78 is 29.6. The number of aryl methyl sites for hydroxylation is 2. The number of aromatic nitrogens is 2. The van der Waals surface area contributed by atoms with Crippen LogP contribution in [-0.2, 0) is 17.1 Å². The molecule has 0 radical (unpaired) electrons. The van der Waals surface area contributed by atoms with Gasteiger partial charge in [0.15, 0.2) is 0 Å². The number of thiophene rings is 1. The molecule has 7 nitrogen and oxygen atoms in total. The number of amides is 1. The van der Waals surface area contributed by atoms with E-state index >= 15 is 0 Å². The number of rotatable bonds is 3. The number of nitrogens with zero attached hydrogens (tertiary/aromatic N) is 4. The third-order valence-corrected chi connectivity index (χ3v) is 8.99. The highest BCUT2D eigenvalue weighted by molar-refractivity contribution is 9.10. The molecule has 1 aliphatic rings. The van der Waals surface area contributed by atoms with Gasteiger partial charge in [-0.25, -0.2) is 8.42 Å². The molecule has 0 saturated carbocycles. The van der Waals surface area contributed by atoms with E-state index in [1.54, 1.807) is 33.8 Å². The lowest BCUT2D eigenvalue weighted by Gasteiger charge is -2.34. The highest BCUT2D eigenvalue weighted by atomic mass is 79.9. The maximum atomic E-state index is 12.9. The fourth-order valence-electron chi connectivity index (χ4n) is 3.39. The summed E-state index contributed by atoms with van der Waals surface area (Å²) in [6.07, 6.45) is 0. The van der Waals surface area contributed by atoms with Crippen LogP contribution in [0.15, 0.2) is 39.7 Å². The van der Waals surface area contributed by atoms with Crippen molar-refractivity contribution in [2.24, 2.45) is 7.05 Å². The average molecular weight is 483 g/mol. The van der Waals surface area contributed by atoms with Crippen molar-refractivity contribution in [3.8, 4) is 0 Å². The van der Waals surface area contributed by atoms with Crippen LogP contribution >= 0.6 is 27.3 Å². The van der Waals surface area contributed by atoms with Crippen molar-refractivity contribution in [1.82, 2.24) is 19.0 Å². The van der Waals surface area contributed by atoms with Crippen LogP contribution in [0, 0.1) is 6.92 Å². The minimum absolute atomic E-state index is 0.0569. The lowest BCUT2D eigenvalue weighted by molar-refractivity contribution is 0.0703. The summed E-state index contributed by atoms with van der Waals surface area (Å²) in [5.41, 5.74) is 0.900. The number of hydrogen-bond acceptors (Lipinski definition) is 5. The van der Waals surface area contributed by atoms with Gasteiger partial charge in [-0.05, 0) is 41.1 Å². The average Bonchev–Trinajstić information content (AvgIpc) is 3.23. The maximum Gasteiger partial charge on any atom is 0.264 e. The van der Waals surface area contributed by atoms with Crippen LogP contribution in [-0.4, -0.2) is 59.5 Å². The second-order valence-corrected chi connectivity index (χ2v) is 10.5. The summed E-state index contributed by atoms with van der Waals surface area (Å²) in [5.74, 6) is -0.0569. The molecule has 0 bridgehead atoms. The normalized spacial score (nSPS) is 16.0. The van der Waals surface area contributed by atoms with Crippen LogP contribution < -0.4 is 0 Å². The monoisotopic (exact) mass is 482 g/mol. The van der Waals surface area contributed by atoms with Crippen LogP contribution in [0.1, 0.15) is 15.4 Å². The zero-order valence-electron chi connectivity index (χ0n) is 15.4. The molecular weight excluding hydrogens is 464 g/mol. The summed E-state index contributed by atoms with van der Waals surface area (Å²) in [6.45, 7) is 3.22. The van der Waals surface area contributed by atoms with Gasteiger partial charge in [0, 0.05) is 43.1 Å². The molecule has 2 aromatic heterocycles. The summed E-state index contributed by atoms with van der Waals surface area (Å²) in [5, 5.41) is 5.35. The number of fused-ring (bicyclic) bond motifs is 1. The molecule has 0 N–H and O–H groups in total. The highest BCUT2D eigenvalue weighted by Crippen LogP contribution is 2.29. The Balaban J connectivity index is 1.49. The molecule has 1 saturated heterocycles. The van der Waals surface area contributed by atoms with Crippen molar-refractivity contribution in [2.45, 2.75) is 11.8 Å². The molecule has 28 heavy (non-hydrogen) atoms. The number of benzene rings is 1. The Morgan fingerprint density at radius 1 is 1.18 bits per heavy atom. The topological polar surface area (TPSA) is 75.5 Å². The van der Waals surface area contributed by atoms with Gasteiger partial charge in [0.05, 0.1) is 15.5 Å². The largest absolute Gasteiger partial charge is 0.335 e. The number of carbonyl (C=O) groups is 1. The van der Waals surface area contributed by atoms with Crippen molar-refractivity contribution in [2.75, 3.05) is 26.2 Å². The van der Waals surface area contributed by atoms with E-state index in [-0.39, 0.29) is 23.9 Å². The number of carbonyl (C=O) groups excluding carboxylic acids is 1. The van der Waals surface area contributed by atoms with E-state index in [2.05, 4.69) is 21.0 Å². The molecule has 0 spiro atoms. The third-order valence-electron chi connectivity index (χ3n) is 4.89. The molecule has 10 heteroatoms. The molecule has 4 rings (SSSR count). The number of sulfonamides is 1. The smallest absolute Gasteiger partial charge is 0.264 e. The van der Waals surface area contributed by atoms with Gasteiger partial charge in [0.25, 0.3) is 5.91 Å². The fourth-order valence-corrected chi connectivity index (χ4v) is 6.87. The van der Waals surface area contributed by atoms with E-state index in [1.165, 1.54) is 15.6 Å². The Morgan fingerprint density at radius 2 is 1.86 bits per heavy atom. The molecule has 1 fully saturated rings. The molecule has 0 aliphatic carbocycles. The molecule has 1 amide bonds. The molecule has 148 valence electrons. The fraction of sp³-hybridized carbons (Fsp3) is 0.333. The van der Waals surface area contributed by atoms with Gasteiger partial charge >= 0.3 is 0 Å². The molecular formula is C18H19BrN4O3S2. The SMILES string of the molecule is Cc1nn(C)c2sc(C(=O)N3CCN(S(=O)(=O)c4ccccc4Br)CC3)cc12. The second-order valence-electron chi connectivity index (χ2n) is 6.67. The zero-order chi connectivity index (χ0) is 20.1. The van der Waals surface area contributed by atoms with Crippen molar-refractivity contribution in [1.29, 1.82) is 0 Å². The summed E-state index contributed by atoms with van der Waals surface area (Å²) in [4.78, 5) is 16.5. The highest BCUT2D eigenvalue weighted by Gasteiger charge is 2.32. The first-order valence-electron chi connectivity index (χ1n) is 8.76. The first-order valence-corrected chi connectivity index (χ1v) is 11.8. The standard InChI is InChI=1S/C18H19BrN4O3S2/c1-12-13-11-15(27-18(13)21(2)20-12)17(24)22-7-9-23(10-8-22)28(25,26)16-6-4-3-5-14(16)19/h3-6,11H,7-10H2,1-2H3. The Bertz CT molecular complexity index is 1130. The molecule has 3 aromatic rings. The van der Waals surface area contributed by atoms with Crippen LogP contribution in [0.25, 0.3) is 10.2 Å². The van der Waals surface area contributed by atoms with E-state index in [1.807, 2.05) is 20.0 Å². The van der Waals surface area contributed by atoms with Crippen molar-refractivity contribution in [3.63, 3.8) is 0 Å². The van der Waals surface area contributed by atoms with Crippen molar-refractivity contribution < 1.29 is 13.2 Å². The van der Waals surface area contributed by atoms with Gasteiger partial charge in [-0.1, -0.05) is 12.1 Å². The second kappa shape index (κ2) is 7.25. The molecule has 0 unspecified atom stereocenters. The predicted octanol–water partition coefficient (Wildman–Crippen LogP) is 2.85. The van der Waals surface area contributed by atoms with Gasteiger partial charge in [0.1, 0.15) is 4.83 Å². The van der Waals surface area contributed by atoms with Gasteiger partial charge in [-0.2, -0.15) is 9.40 Å². The number of piperazine rings is 1. The van der Waals surface area contributed by atoms with Gasteiger partial charge in [0.2, 0.25) is 10.0 Å². The van der Waals surface area contributed by atoms with Gasteiger partial charge < -0.3 is 4.90 Å². The lowest BCUT2D eigenvalue weighted by atomic mass is 10.3. The van der Waals surface area contributed by atoms with Crippen molar-refractivity contribution in [3.05, 3.63) is 45.4 Å². The van der Waals surface area contributed by atoms with E-state index in [9.17, 15) is 13.2 Å². The Morgan fingerprint density at radius 3 is 2.50 bits per heavy atom. The predicted molar refractivity (Wildman–Crippen MR) is 112 cm³/mol. The zero-order valence-corrected chi connectivity index (χ0v) is 18.6. The Kier molecular flexibility index (Phi) is 5.07. The lowest BCUT2D eigenvalue weighted by Crippen LogP contribution is -2.50. The van der Waals surface area contributed by atoms with Crippen molar-refractivity contribution >= 4 is 53.4 Å². The van der Waals surface area contributed by atoms with E-state index in [0.29, 0.717) is 22.4 Å². The Labute approximate surface area is 175 Å². The first kappa shape index (κ1) is 19.6. The minimum atomic E-state index is -3.59. The summed E-state index contributed by atoms with van der Waals surface area (Å²) in [7, 11) is -1.72. The van der Waals surface area contributed by atoms with E-state index < -0.39 is 10.0 Å².